The van der Waals surface area contributed by atoms with Gasteiger partial charge < -0.3 is 10.1 Å². The molecule has 1 rings (SSSR count). The highest BCUT2D eigenvalue weighted by Crippen LogP contribution is 2.19. The SMILES string of the molecule is COC(=O)c1cc(C)ccc1NC(=O)C(C)C. The van der Waals surface area contributed by atoms with E-state index in [9.17, 15) is 9.59 Å². The molecule has 0 saturated carbocycles. The maximum absolute atomic E-state index is 11.6. The molecule has 17 heavy (non-hydrogen) atoms. The molecule has 0 aliphatic heterocycles. The molecular weight excluding hydrogens is 218 g/mol. The first-order valence-electron chi connectivity index (χ1n) is 5.45. The van der Waals surface area contributed by atoms with Gasteiger partial charge in [0.05, 0.1) is 18.4 Å². The Morgan fingerprint density at radius 2 is 1.94 bits per heavy atom. The first kappa shape index (κ1) is 13.2. The average molecular weight is 235 g/mol. The van der Waals surface area contributed by atoms with Crippen molar-refractivity contribution in [3.05, 3.63) is 29.3 Å². The van der Waals surface area contributed by atoms with Crippen molar-refractivity contribution in [1.29, 1.82) is 0 Å². The van der Waals surface area contributed by atoms with E-state index in [1.54, 1.807) is 26.0 Å². The molecule has 4 nitrogen and oxygen atoms in total. The quantitative estimate of drug-likeness (QED) is 0.818. The van der Waals surface area contributed by atoms with Crippen molar-refractivity contribution in [2.24, 2.45) is 5.92 Å². The van der Waals surface area contributed by atoms with Gasteiger partial charge in [-0.1, -0.05) is 25.5 Å². The van der Waals surface area contributed by atoms with Gasteiger partial charge in [0.2, 0.25) is 5.91 Å². The van der Waals surface area contributed by atoms with E-state index < -0.39 is 5.97 Å². The molecule has 4 heteroatoms. The summed E-state index contributed by atoms with van der Waals surface area (Å²) >= 11 is 0. The number of hydrogen-bond donors (Lipinski definition) is 1. The molecule has 1 N–H and O–H groups in total. The molecule has 0 bridgehead atoms. The molecule has 0 saturated heterocycles. The van der Waals surface area contributed by atoms with Crippen LogP contribution in [0.15, 0.2) is 18.2 Å². The van der Waals surface area contributed by atoms with Gasteiger partial charge in [0, 0.05) is 5.92 Å². The number of hydrogen-bond acceptors (Lipinski definition) is 3. The van der Waals surface area contributed by atoms with Crippen LogP contribution in [0.2, 0.25) is 0 Å². The largest absolute Gasteiger partial charge is 0.465 e. The lowest BCUT2D eigenvalue weighted by Crippen LogP contribution is -2.20. The van der Waals surface area contributed by atoms with Crippen LogP contribution in [0.1, 0.15) is 29.8 Å². The summed E-state index contributed by atoms with van der Waals surface area (Å²) in [5.74, 6) is -0.714. The van der Waals surface area contributed by atoms with E-state index in [0.29, 0.717) is 11.3 Å². The van der Waals surface area contributed by atoms with E-state index in [-0.39, 0.29) is 11.8 Å². The van der Waals surface area contributed by atoms with Gasteiger partial charge in [-0.15, -0.1) is 0 Å². The van der Waals surface area contributed by atoms with Crippen LogP contribution < -0.4 is 5.32 Å². The number of carbonyl (C=O) groups is 2. The van der Waals surface area contributed by atoms with E-state index in [2.05, 4.69) is 10.1 Å². The standard InChI is InChI=1S/C13H17NO3/c1-8(2)12(15)14-11-6-5-9(3)7-10(11)13(16)17-4/h5-8H,1-4H3,(H,14,15). The van der Waals surface area contributed by atoms with Gasteiger partial charge in [-0.25, -0.2) is 4.79 Å². The Morgan fingerprint density at radius 3 is 2.47 bits per heavy atom. The number of nitrogens with one attached hydrogen (secondary N) is 1. The summed E-state index contributed by atoms with van der Waals surface area (Å²) in [6.45, 7) is 5.46. The fourth-order valence-corrected chi connectivity index (χ4v) is 1.32. The predicted molar refractivity (Wildman–Crippen MR) is 66.0 cm³/mol. The van der Waals surface area contributed by atoms with Crippen LogP contribution in [0, 0.1) is 12.8 Å². The van der Waals surface area contributed by atoms with E-state index >= 15 is 0 Å². The zero-order valence-corrected chi connectivity index (χ0v) is 10.5. The number of rotatable bonds is 3. The van der Waals surface area contributed by atoms with Crippen LogP contribution >= 0.6 is 0 Å². The summed E-state index contributed by atoms with van der Waals surface area (Å²) in [4.78, 5) is 23.2. The summed E-state index contributed by atoms with van der Waals surface area (Å²) in [5, 5.41) is 2.71. The van der Waals surface area contributed by atoms with Gasteiger partial charge in [-0.05, 0) is 19.1 Å². The Labute approximate surface area is 101 Å². The molecular formula is C13H17NO3. The molecule has 0 aliphatic carbocycles. The number of amides is 1. The Morgan fingerprint density at radius 1 is 1.29 bits per heavy atom. The number of aryl methyl sites for hydroxylation is 1. The summed E-state index contributed by atoms with van der Waals surface area (Å²) in [5.41, 5.74) is 1.80. The molecule has 0 unspecified atom stereocenters. The molecule has 1 aromatic rings. The highest BCUT2D eigenvalue weighted by Gasteiger charge is 2.15. The highest BCUT2D eigenvalue weighted by atomic mass is 16.5. The number of esters is 1. The Bertz CT molecular complexity index is 438. The van der Waals surface area contributed by atoms with Crippen molar-refractivity contribution in [1.82, 2.24) is 0 Å². The number of carbonyl (C=O) groups excluding carboxylic acids is 2. The highest BCUT2D eigenvalue weighted by molar-refractivity contribution is 6.01. The summed E-state index contributed by atoms with van der Waals surface area (Å²) in [6, 6.07) is 5.24. The molecule has 0 heterocycles. The van der Waals surface area contributed by atoms with E-state index in [1.807, 2.05) is 13.0 Å². The van der Waals surface area contributed by atoms with Gasteiger partial charge in [0.15, 0.2) is 0 Å². The van der Waals surface area contributed by atoms with E-state index in [1.165, 1.54) is 7.11 Å². The molecule has 0 atom stereocenters. The van der Waals surface area contributed by atoms with Crippen LogP contribution in [-0.4, -0.2) is 19.0 Å². The van der Waals surface area contributed by atoms with Gasteiger partial charge in [-0.2, -0.15) is 0 Å². The third kappa shape index (κ3) is 3.31. The minimum atomic E-state index is -0.451. The first-order chi connectivity index (χ1) is 7.95. The number of benzene rings is 1. The molecule has 0 aliphatic rings. The molecule has 1 amide bonds. The van der Waals surface area contributed by atoms with Crippen LogP contribution in [0.3, 0.4) is 0 Å². The lowest BCUT2D eigenvalue weighted by atomic mass is 10.1. The molecule has 1 aromatic carbocycles. The summed E-state index contributed by atoms with van der Waals surface area (Å²) < 4.78 is 4.68. The average Bonchev–Trinajstić information content (AvgIpc) is 2.30. The van der Waals surface area contributed by atoms with Crippen molar-refractivity contribution in [2.45, 2.75) is 20.8 Å². The maximum Gasteiger partial charge on any atom is 0.339 e. The fraction of sp³-hybridized carbons (Fsp3) is 0.385. The number of ether oxygens (including phenoxy) is 1. The Balaban J connectivity index is 3.06. The predicted octanol–water partition coefficient (Wildman–Crippen LogP) is 2.38. The van der Waals surface area contributed by atoms with Crippen LogP contribution in [0.25, 0.3) is 0 Å². The lowest BCUT2D eigenvalue weighted by molar-refractivity contribution is -0.118. The van der Waals surface area contributed by atoms with Gasteiger partial charge in [-0.3, -0.25) is 4.79 Å². The van der Waals surface area contributed by atoms with Gasteiger partial charge in [0.25, 0.3) is 0 Å². The molecule has 0 spiro atoms. The monoisotopic (exact) mass is 235 g/mol. The minimum absolute atomic E-state index is 0.126. The third-order valence-electron chi connectivity index (χ3n) is 2.36. The smallest absolute Gasteiger partial charge is 0.339 e. The third-order valence-corrected chi connectivity index (χ3v) is 2.36. The molecule has 0 aromatic heterocycles. The number of anilines is 1. The van der Waals surface area contributed by atoms with Crippen molar-refractivity contribution >= 4 is 17.6 Å². The second-order valence-corrected chi connectivity index (χ2v) is 4.18. The number of methoxy groups -OCH3 is 1. The van der Waals surface area contributed by atoms with Gasteiger partial charge >= 0.3 is 5.97 Å². The zero-order valence-electron chi connectivity index (χ0n) is 10.5. The molecule has 92 valence electrons. The fourth-order valence-electron chi connectivity index (χ4n) is 1.32. The topological polar surface area (TPSA) is 55.4 Å². The second-order valence-electron chi connectivity index (χ2n) is 4.18. The minimum Gasteiger partial charge on any atom is -0.465 e. The zero-order chi connectivity index (χ0) is 13.0. The van der Waals surface area contributed by atoms with Crippen molar-refractivity contribution in [3.8, 4) is 0 Å². The molecule has 0 radical (unpaired) electrons. The normalized spacial score (nSPS) is 10.2. The van der Waals surface area contributed by atoms with Crippen LogP contribution in [-0.2, 0) is 9.53 Å². The van der Waals surface area contributed by atoms with Crippen molar-refractivity contribution in [2.75, 3.05) is 12.4 Å². The Hall–Kier alpha value is -1.84. The second kappa shape index (κ2) is 5.48. The first-order valence-corrected chi connectivity index (χ1v) is 5.45. The van der Waals surface area contributed by atoms with Crippen molar-refractivity contribution in [3.63, 3.8) is 0 Å². The van der Waals surface area contributed by atoms with E-state index in [0.717, 1.165) is 5.56 Å². The van der Waals surface area contributed by atoms with Crippen LogP contribution in [0.5, 0.6) is 0 Å². The molecule has 0 fully saturated rings. The van der Waals surface area contributed by atoms with Crippen molar-refractivity contribution < 1.29 is 14.3 Å². The maximum atomic E-state index is 11.6. The van der Waals surface area contributed by atoms with Gasteiger partial charge in [0.1, 0.15) is 0 Å². The lowest BCUT2D eigenvalue weighted by Gasteiger charge is -2.12. The van der Waals surface area contributed by atoms with Crippen LogP contribution in [0.4, 0.5) is 5.69 Å². The Kier molecular flexibility index (Phi) is 4.26. The van der Waals surface area contributed by atoms with E-state index in [4.69, 9.17) is 0 Å². The summed E-state index contributed by atoms with van der Waals surface area (Å²) in [7, 11) is 1.32. The summed E-state index contributed by atoms with van der Waals surface area (Å²) in [6.07, 6.45) is 0.